The third-order valence-corrected chi connectivity index (χ3v) is 6.72. The number of nitrogens with zero attached hydrogens (tertiary/aromatic N) is 1. The Morgan fingerprint density at radius 1 is 1.30 bits per heavy atom. The lowest BCUT2D eigenvalue weighted by atomic mass is 9.98. The molecule has 0 saturated carbocycles. The minimum Gasteiger partial charge on any atom is -0.493 e. The number of carbonyl (C=O) groups excluding carboxylic acids is 1. The molecular weight excluding hydrogens is 368 g/mol. The van der Waals surface area contributed by atoms with Crippen LogP contribution in [0.5, 0.6) is 11.5 Å². The molecule has 0 aromatic heterocycles. The van der Waals surface area contributed by atoms with E-state index in [-0.39, 0.29) is 29.3 Å². The predicted molar refractivity (Wildman–Crippen MR) is 104 cm³/mol. The zero-order chi connectivity index (χ0) is 20.0. The van der Waals surface area contributed by atoms with E-state index in [2.05, 4.69) is 12.2 Å². The number of piperidine rings is 1. The van der Waals surface area contributed by atoms with Crippen molar-refractivity contribution in [1.82, 2.24) is 9.62 Å². The monoisotopic (exact) mass is 398 g/mol. The fourth-order valence-corrected chi connectivity index (χ4v) is 4.91. The van der Waals surface area contributed by atoms with Crippen molar-refractivity contribution < 1.29 is 22.7 Å². The van der Waals surface area contributed by atoms with Crippen molar-refractivity contribution in [2.24, 2.45) is 5.92 Å². The van der Waals surface area contributed by atoms with E-state index in [4.69, 9.17) is 9.47 Å². The molecule has 1 saturated heterocycles. The van der Waals surface area contributed by atoms with Crippen LogP contribution in [0, 0.1) is 5.92 Å². The Bertz CT molecular complexity index is 750. The fraction of sp³-hybridized carbons (Fsp3) is 0.632. The third kappa shape index (κ3) is 5.13. The average Bonchev–Trinajstić information content (AvgIpc) is 2.67. The maximum absolute atomic E-state index is 13.0. The Kier molecular flexibility index (Phi) is 7.49. The van der Waals surface area contributed by atoms with Crippen molar-refractivity contribution in [3.8, 4) is 11.5 Å². The van der Waals surface area contributed by atoms with Gasteiger partial charge in [-0.25, -0.2) is 8.42 Å². The number of hydrogen-bond acceptors (Lipinski definition) is 5. The number of rotatable bonds is 8. The topological polar surface area (TPSA) is 84.9 Å². The third-order valence-electron chi connectivity index (χ3n) is 4.86. The summed E-state index contributed by atoms with van der Waals surface area (Å²) < 4.78 is 37.9. The first-order valence-corrected chi connectivity index (χ1v) is 10.8. The number of nitrogens with one attached hydrogen (secondary N) is 1. The maximum atomic E-state index is 13.0. The van der Waals surface area contributed by atoms with Gasteiger partial charge in [-0.2, -0.15) is 4.31 Å². The molecule has 0 bridgehead atoms. The number of ether oxygens (including phenoxy) is 2. The lowest BCUT2D eigenvalue weighted by Gasteiger charge is -2.32. The van der Waals surface area contributed by atoms with E-state index in [9.17, 15) is 13.2 Å². The molecule has 0 spiro atoms. The SMILES string of the molecule is CCC[C@H](C)NC(=O)[C@@H]1CCCN(S(=O)(=O)c2ccc(OC)c(OC)c2)C1. The van der Waals surface area contributed by atoms with E-state index in [0.717, 1.165) is 12.8 Å². The summed E-state index contributed by atoms with van der Waals surface area (Å²) in [6.07, 6.45) is 3.26. The summed E-state index contributed by atoms with van der Waals surface area (Å²) >= 11 is 0. The first-order valence-electron chi connectivity index (χ1n) is 9.36. The highest BCUT2D eigenvalue weighted by Gasteiger charge is 2.34. The van der Waals surface area contributed by atoms with Gasteiger partial charge in [0.2, 0.25) is 15.9 Å². The first kappa shape index (κ1) is 21.5. The number of methoxy groups -OCH3 is 2. The van der Waals surface area contributed by atoms with Gasteiger partial charge >= 0.3 is 0 Å². The largest absolute Gasteiger partial charge is 0.493 e. The average molecular weight is 399 g/mol. The highest BCUT2D eigenvalue weighted by Crippen LogP contribution is 2.32. The molecule has 1 aliphatic heterocycles. The van der Waals surface area contributed by atoms with Gasteiger partial charge in [-0.05, 0) is 38.3 Å². The molecule has 27 heavy (non-hydrogen) atoms. The van der Waals surface area contributed by atoms with Crippen LogP contribution < -0.4 is 14.8 Å². The normalized spacial score (nSPS) is 19.3. The second kappa shape index (κ2) is 9.41. The highest BCUT2D eigenvalue weighted by atomic mass is 32.2. The zero-order valence-corrected chi connectivity index (χ0v) is 17.3. The lowest BCUT2D eigenvalue weighted by molar-refractivity contribution is -0.126. The van der Waals surface area contributed by atoms with E-state index in [1.807, 2.05) is 6.92 Å². The van der Waals surface area contributed by atoms with Crippen LogP contribution in [0.2, 0.25) is 0 Å². The summed E-state index contributed by atoms with van der Waals surface area (Å²) in [7, 11) is -0.742. The van der Waals surface area contributed by atoms with Gasteiger partial charge in [0.05, 0.1) is 25.0 Å². The molecule has 0 aliphatic carbocycles. The minimum absolute atomic E-state index is 0.0665. The van der Waals surface area contributed by atoms with Crippen LogP contribution in [0.15, 0.2) is 23.1 Å². The Labute approximate surface area is 162 Å². The van der Waals surface area contributed by atoms with Crippen LogP contribution in [0.4, 0.5) is 0 Å². The van der Waals surface area contributed by atoms with E-state index in [1.165, 1.54) is 30.7 Å². The summed E-state index contributed by atoms with van der Waals surface area (Å²) in [6, 6.07) is 4.64. The molecule has 8 heteroatoms. The van der Waals surface area contributed by atoms with E-state index in [1.54, 1.807) is 6.07 Å². The molecule has 1 fully saturated rings. The standard InChI is InChI=1S/C19H30N2O5S/c1-5-7-14(2)20-19(22)15-8-6-11-21(13-15)27(23,24)16-9-10-17(25-3)18(12-16)26-4/h9-10,12,14-15H,5-8,11,13H2,1-4H3,(H,20,22)/t14-,15+/m0/s1. The maximum Gasteiger partial charge on any atom is 0.243 e. The van der Waals surface area contributed by atoms with Crippen molar-refractivity contribution in [3.05, 3.63) is 18.2 Å². The summed E-state index contributed by atoms with van der Waals surface area (Å²) in [6.45, 7) is 4.65. The Balaban J connectivity index is 2.15. The van der Waals surface area contributed by atoms with Crippen LogP contribution in [-0.4, -0.2) is 52.0 Å². The van der Waals surface area contributed by atoms with Gasteiger partial charge in [-0.1, -0.05) is 13.3 Å². The van der Waals surface area contributed by atoms with Crippen molar-refractivity contribution in [2.45, 2.75) is 50.5 Å². The summed E-state index contributed by atoms with van der Waals surface area (Å²) in [4.78, 5) is 12.6. The molecule has 152 valence electrons. The van der Waals surface area contributed by atoms with Crippen LogP contribution >= 0.6 is 0 Å². The van der Waals surface area contributed by atoms with Gasteiger partial charge in [0.1, 0.15) is 0 Å². The van der Waals surface area contributed by atoms with Crippen molar-refractivity contribution in [1.29, 1.82) is 0 Å². The molecule has 1 amide bonds. The van der Waals surface area contributed by atoms with Crippen molar-refractivity contribution in [2.75, 3.05) is 27.3 Å². The van der Waals surface area contributed by atoms with Gasteiger partial charge in [-0.15, -0.1) is 0 Å². The minimum atomic E-state index is -3.71. The Hall–Kier alpha value is -1.80. The lowest BCUT2D eigenvalue weighted by Crippen LogP contribution is -2.47. The van der Waals surface area contributed by atoms with Crippen LogP contribution in [0.25, 0.3) is 0 Å². The molecule has 1 heterocycles. The predicted octanol–water partition coefficient (Wildman–Crippen LogP) is 2.41. The van der Waals surface area contributed by atoms with Crippen molar-refractivity contribution in [3.63, 3.8) is 0 Å². The molecule has 1 N–H and O–H groups in total. The number of amides is 1. The van der Waals surface area contributed by atoms with E-state index < -0.39 is 10.0 Å². The Morgan fingerprint density at radius 3 is 2.63 bits per heavy atom. The second-order valence-corrected chi connectivity index (χ2v) is 8.86. The summed E-state index contributed by atoms with van der Waals surface area (Å²) in [5.41, 5.74) is 0. The number of benzene rings is 1. The number of sulfonamides is 1. The number of carbonyl (C=O) groups is 1. The van der Waals surface area contributed by atoms with E-state index >= 15 is 0 Å². The van der Waals surface area contributed by atoms with Gasteiger partial charge < -0.3 is 14.8 Å². The molecule has 1 aromatic rings. The molecule has 1 aliphatic rings. The van der Waals surface area contributed by atoms with Gasteiger partial charge in [0, 0.05) is 25.2 Å². The molecule has 7 nitrogen and oxygen atoms in total. The summed E-state index contributed by atoms with van der Waals surface area (Å²) in [5.74, 6) is 0.437. The molecule has 0 unspecified atom stereocenters. The molecule has 2 atom stereocenters. The zero-order valence-electron chi connectivity index (χ0n) is 16.5. The fourth-order valence-electron chi connectivity index (χ4n) is 3.37. The quantitative estimate of drug-likeness (QED) is 0.727. The van der Waals surface area contributed by atoms with Gasteiger partial charge in [0.15, 0.2) is 11.5 Å². The molecule has 2 rings (SSSR count). The van der Waals surface area contributed by atoms with Crippen LogP contribution in [-0.2, 0) is 14.8 Å². The first-order chi connectivity index (χ1) is 12.8. The molecule has 1 aromatic carbocycles. The summed E-state index contributed by atoms with van der Waals surface area (Å²) in [5, 5.41) is 3.00. The number of hydrogen-bond donors (Lipinski definition) is 1. The van der Waals surface area contributed by atoms with Gasteiger partial charge in [-0.3, -0.25) is 4.79 Å². The van der Waals surface area contributed by atoms with Gasteiger partial charge in [0.25, 0.3) is 0 Å². The van der Waals surface area contributed by atoms with Crippen LogP contribution in [0.1, 0.15) is 39.5 Å². The van der Waals surface area contributed by atoms with E-state index in [0.29, 0.717) is 30.9 Å². The molecular formula is C19H30N2O5S. The smallest absolute Gasteiger partial charge is 0.243 e. The Morgan fingerprint density at radius 2 is 2.00 bits per heavy atom. The molecule has 0 radical (unpaired) electrons. The highest BCUT2D eigenvalue weighted by molar-refractivity contribution is 7.89. The second-order valence-electron chi connectivity index (χ2n) is 6.92. The van der Waals surface area contributed by atoms with Crippen LogP contribution in [0.3, 0.4) is 0 Å². The van der Waals surface area contributed by atoms with Crippen molar-refractivity contribution >= 4 is 15.9 Å².